The molecule has 0 bridgehead atoms. The van der Waals surface area contributed by atoms with Gasteiger partial charge in [0.1, 0.15) is 5.01 Å². The molecule has 3 nitrogen and oxygen atoms in total. The van der Waals surface area contributed by atoms with Crippen LogP contribution in [0.25, 0.3) is 21.5 Å². The minimum absolute atomic E-state index is 0.790. The first-order valence-electron chi connectivity index (χ1n) is 4.68. The van der Waals surface area contributed by atoms with Gasteiger partial charge >= 0.3 is 0 Å². The molecule has 0 aliphatic carbocycles. The molecule has 0 radical (unpaired) electrons. The van der Waals surface area contributed by atoms with Gasteiger partial charge in [0.15, 0.2) is 0 Å². The highest BCUT2D eigenvalue weighted by atomic mass is 127. The van der Waals surface area contributed by atoms with Crippen LogP contribution in [0.15, 0.2) is 36.5 Å². The Morgan fingerprint density at radius 2 is 2.06 bits per heavy atom. The second kappa shape index (κ2) is 4.06. The second-order valence-corrected chi connectivity index (χ2v) is 4.96. The molecule has 0 saturated carbocycles. The number of benzene rings is 1. The predicted octanol–water partition coefficient (Wildman–Crippen LogP) is 3.36. The summed E-state index contributed by atoms with van der Waals surface area (Å²) in [6.45, 7) is 0. The lowest BCUT2D eigenvalue weighted by atomic mass is 10.1. The van der Waals surface area contributed by atoms with Gasteiger partial charge in [0, 0.05) is 39.7 Å². The van der Waals surface area contributed by atoms with E-state index in [2.05, 4.69) is 49.1 Å². The van der Waals surface area contributed by atoms with Crippen LogP contribution >= 0.6 is 34.1 Å². The van der Waals surface area contributed by atoms with Crippen molar-refractivity contribution in [2.75, 3.05) is 0 Å². The van der Waals surface area contributed by atoms with E-state index in [0.29, 0.717) is 0 Å². The molecule has 0 aliphatic rings. The summed E-state index contributed by atoms with van der Waals surface area (Å²) in [5.41, 5.74) is 2.09. The molecule has 0 aliphatic heterocycles. The smallest absolute Gasteiger partial charge is 0.203 e. The molecular formula is C11H6IN3S. The fraction of sp³-hybridized carbons (Fsp3) is 0. The van der Waals surface area contributed by atoms with E-state index in [4.69, 9.17) is 0 Å². The van der Waals surface area contributed by atoms with Crippen LogP contribution in [0, 0.1) is 3.83 Å². The van der Waals surface area contributed by atoms with Gasteiger partial charge < -0.3 is 0 Å². The first-order valence-corrected chi connectivity index (χ1v) is 6.53. The van der Waals surface area contributed by atoms with Crippen molar-refractivity contribution in [1.82, 2.24) is 14.3 Å². The van der Waals surface area contributed by atoms with Gasteiger partial charge in [-0.1, -0.05) is 18.2 Å². The quantitative estimate of drug-likeness (QED) is 0.638. The van der Waals surface area contributed by atoms with Crippen LogP contribution in [0.2, 0.25) is 0 Å². The molecule has 0 amide bonds. The van der Waals surface area contributed by atoms with Crippen molar-refractivity contribution in [3.05, 3.63) is 40.4 Å². The maximum atomic E-state index is 4.40. The van der Waals surface area contributed by atoms with Gasteiger partial charge in [-0.05, 0) is 23.7 Å². The number of rotatable bonds is 1. The van der Waals surface area contributed by atoms with Gasteiger partial charge in [0.05, 0.1) is 5.52 Å². The normalized spacial score (nSPS) is 10.8. The van der Waals surface area contributed by atoms with Crippen LogP contribution in [0.4, 0.5) is 0 Å². The summed E-state index contributed by atoms with van der Waals surface area (Å²) in [4.78, 5) is 8.73. The van der Waals surface area contributed by atoms with Crippen LogP contribution in [0.5, 0.6) is 0 Å². The van der Waals surface area contributed by atoms with Crippen molar-refractivity contribution in [3.8, 4) is 10.6 Å². The Balaban J connectivity index is 2.31. The highest BCUT2D eigenvalue weighted by molar-refractivity contribution is 14.1. The van der Waals surface area contributed by atoms with Crippen LogP contribution < -0.4 is 0 Å². The summed E-state index contributed by atoms with van der Waals surface area (Å²) in [6.07, 6.45) is 1.80. The number of pyridine rings is 1. The van der Waals surface area contributed by atoms with Crippen molar-refractivity contribution in [1.29, 1.82) is 0 Å². The van der Waals surface area contributed by atoms with Gasteiger partial charge in [0.2, 0.25) is 3.83 Å². The lowest BCUT2D eigenvalue weighted by molar-refractivity contribution is 1.25. The van der Waals surface area contributed by atoms with Gasteiger partial charge in [-0.3, -0.25) is 4.98 Å². The third-order valence-corrected chi connectivity index (χ3v) is 3.84. The molecule has 3 rings (SSSR count). The van der Waals surface area contributed by atoms with Gasteiger partial charge in [-0.15, -0.1) is 0 Å². The molecule has 78 valence electrons. The molecule has 0 atom stereocenters. The van der Waals surface area contributed by atoms with E-state index in [9.17, 15) is 0 Å². The van der Waals surface area contributed by atoms with Crippen molar-refractivity contribution < 1.29 is 0 Å². The monoisotopic (exact) mass is 339 g/mol. The maximum Gasteiger partial charge on any atom is 0.203 e. The number of nitrogens with zero attached hydrogens (tertiary/aromatic N) is 3. The molecule has 1 aromatic carbocycles. The Morgan fingerprint density at radius 1 is 1.12 bits per heavy atom. The zero-order valence-corrected chi connectivity index (χ0v) is 11.1. The summed E-state index contributed by atoms with van der Waals surface area (Å²) in [5.74, 6) is 0. The third-order valence-electron chi connectivity index (χ3n) is 2.28. The Labute approximate surface area is 110 Å². The van der Waals surface area contributed by atoms with Gasteiger partial charge in [-0.2, -0.15) is 4.37 Å². The predicted molar refractivity (Wildman–Crippen MR) is 73.4 cm³/mol. The van der Waals surface area contributed by atoms with E-state index in [1.54, 1.807) is 6.20 Å². The van der Waals surface area contributed by atoms with Crippen LogP contribution in [0.3, 0.4) is 0 Å². The summed E-state index contributed by atoms with van der Waals surface area (Å²) in [7, 11) is 0. The van der Waals surface area contributed by atoms with Gasteiger partial charge in [-0.25, -0.2) is 4.98 Å². The number of hydrogen-bond acceptors (Lipinski definition) is 4. The van der Waals surface area contributed by atoms with Crippen molar-refractivity contribution in [2.45, 2.75) is 0 Å². The molecular weight excluding hydrogens is 333 g/mol. The zero-order chi connectivity index (χ0) is 11.0. The van der Waals surface area contributed by atoms with Crippen molar-refractivity contribution >= 4 is 45.0 Å². The second-order valence-electron chi connectivity index (χ2n) is 3.24. The first kappa shape index (κ1) is 10.1. The average Bonchev–Trinajstić information content (AvgIpc) is 2.75. The van der Waals surface area contributed by atoms with E-state index < -0.39 is 0 Å². The summed E-state index contributed by atoms with van der Waals surface area (Å²) >= 11 is 3.54. The third kappa shape index (κ3) is 1.69. The fourth-order valence-corrected chi connectivity index (χ4v) is 2.91. The number of fused-ring (bicyclic) bond motifs is 1. The highest BCUT2D eigenvalue weighted by Gasteiger charge is 2.08. The van der Waals surface area contributed by atoms with Crippen molar-refractivity contribution in [2.24, 2.45) is 0 Å². The van der Waals surface area contributed by atoms with E-state index >= 15 is 0 Å². The van der Waals surface area contributed by atoms with Crippen LogP contribution in [-0.2, 0) is 0 Å². The molecule has 2 aromatic heterocycles. The highest BCUT2D eigenvalue weighted by Crippen LogP contribution is 2.28. The van der Waals surface area contributed by atoms with E-state index in [1.165, 1.54) is 11.5 Å². The number of aromatic nitrogens is 3. The fourth-order valence-electron chi connectivity index (χ4n) is 1.60. The molecule has 16 heavy (non-hydrogen) atoms. The Hall–Kier alpha value is -1.08. The Kier molecular flexibility index (Phi) is 2.56. The molecule has 0 fully saturated rings. The molecule has 3 aromatic rings. The SMILES string of the molecule is Ic1nsc(-c2cccc3ncccc23)n1. The standard InChI is InChI=1S/C11H6IN3S/c12-11-14-10(16-15-11)8-3-1-5-9-7(8)4-2-6-13-9/h1-6H. The molecule has 0 spiro atoms. The Bertz CT molecular complexity index is 645. The molecule has 5 heteroatoms. The molecule has 0 saturated heterocycles. The topological polar surface area (TPSA) is 38.7 Å². The van der Waals surface area contributed by atoms with Crippen LogP contribution in [-0.4, -0.2) is 14.3 Å². The minimum atomic E-state index is 0.790. The lowest BCUT2D eigenvalue weighted by Crippen LogP contribution is -1.82. The first-order chi connectivity index (χ1) is 7.84. The minimum Gasteiger partial charge on any atom is -0.256 e. The largest absolute Gasteiger partial charge is 0.256 e. The summed E-state index contributed by atoms with van der Waals surface area (Å²) in [6, 6.07) is 10.1. The maximum absolute atomic E-state index is 4.40. The van der Waals surface area contributed by atoms with Crippen molar-refractivity contribution in [3.63, 3.8) is 0 Å². The average molecular weight is 339 g/mol. The van der Waals surface area contributed by atoms with E-state index in [1.807, 2.05) is 18.2 Å². The molecule has 0 N–H and O–H groups in total. The summed E-state index contributed by atoms with van der Waals surface area (Å²) in [5, 5.41) is 2.07. The summed E-state index contributed by atoms with van der Waals surface area (Å²) < 4.78 is 4.99. The zero-order valence-electron chi connectivity index (χ0n) is 8.09. The number of halogens is 1. The molecule has 2 heterocycles. The molecule has 0 unspecified atom stereocenters. The van der Waals surface area contributed by atoms with Crippen LogP contribution in [0.1, 0.15) is 0 Å². The number of hydrogen-bond donors (Lipinski definition) is 0. The lowest BCUT2D eigenvalue weighted by Gasteiger charge is -2.01. The van der Waals surface area contributed by atoms with Gasteiger partial charge in [0.25, 0.3) is 0 Å². The van der Waals surface area contributed by atoms with E-state index in [-0.39, 0.29) is 0 Å². The Morgan fingerprint density at radius 3 is 2.88 bits per heavy atom. The van der Waals surface area contributed by atoms with E-state index in [0.717, 1.165) is 25.3 Å².